The summed E-state index contributed by atoms with van der Waals surface area (Å²) in [6, 6.07) is 9.68. The van der Waals surface area contributed by atoms with E-state index in [1.165, 1.54) is 45.2 Å². The summed E-state index contributed by atoms with van der Waals surface area (Å²) >= 11 is 0. The second-order valence-corrected chi connectivity index (χ2v) is 5.95. The Morgan fingerprint density at radius 1 is 1.20 bits per heavy atom. The third-order valence-electron chi connectivity index (χ3n) is 4.45. The molecule has 1 N–H and O–H groups in total. The molecule has 0 bridgehead atoms. The number of rotatable bonds is 7. The van der Waals surface area contributed by atoms with Gasteiger partial charge in [-0.25, -0.2) is 0 Å². The minimum atomic E-state index is 0.708. The fourth-order valence-corrected chi connectivity index (χ4v) is 3.26. The molecular weight excluding hydrogens is 244 g/mol. The topological polar surface area (TPSA) is 15.3 Å². The maximum atomic E-state index is 3.58. The van der Waals surface area contributed by atoms with Crippen LogP contribution in [0.25, 0.3) is 0 Å². The van der Waals surface area contributed by atoms with Crippen LogP contribution in [-0.4, -0.2) is 30.6 Å². The van der Waals surface area contributed by atoms with Gasteiger partial charge in [-0.15, -0.1) is 0 Å². The summed E-state index contributed by atoms with van der Waals surface area (Å²) in [6.45, 7) is 9.23. The van der Waals surface area contributed by atoms with Crippen LogP contribution in [0.5, 0.6) is 0 Å². The van der Waals surface area contributed by atoms with Gasteiger partial charge < -0.3 is 5.32 Å². The van der Waals surface area contributed by atoms with Crippen LogP contribution in [0.3, 0.4) is 0 Å². The smallest absolute Gasteiger partial charge is 0.0236 e. The fourth-order valence-electron chi connectivity index (χ4n) is 3.26. The van der Waals surface area contributed by atoms with Crippen LogP contribution >= 0.6 is 0 Å². The van der Waals surface area contributed by atoms with Gasteiger partial charge in [-0.3, -0.25) is 4.90 Å². The highest BCUT2D eigenvalue weighted by Gasteiger charge is 2.14. The first-order valence-corrected chi connectivity index (χ1v) is 8.36. The molecule has 0 saturated heterocycles. The van der Waals surface area contributed by atoms with E-state index in [-0.39, 0.29) is 0 Å². The van der Waals surface area contributed by atoms with E-state index < -0.39 is 0 Å². The first-order valence-electron chi connectivity index (χ1n) is 8.36. The largest absolute Gasteiger partial charge is 0.314 e. The summed E-state index contributed by atoms with van der Waals surface area (Å²) in [5.74, 6) is 0. The lowest BCUT2D eigenvalue weighted by molar-refractivity contribution is 0.258. The van der Waals surface area contributed by atoms with Gasteiger partial charge in [0.15, 0.2) is 0 Å². The van der Waals surface area contributed by atoms with Gasteiger partial charge in [-0.1, -0.05) is 38.1 Å². The highest BCUT2D eigenvalue weighted by atomic mass is 15.1. The van der Waals surface area contributed by atoms with Crippen molar-refractivity contribution in [2.75, 3.05) is 19.6 Å². The van der Waals surface area contributed by atoms with Crippen molar-refractivity contribution in [1.29, 1.82) is 0 Å². The molecule has 1 aromatic carbocycles. The summed E-state index contributed by atoms with van der Waals surface area (Å²) < 4.78 is 0. The Kier molecular flexibility index (Phi) is 6.55. The molecule has 0 aliphatic carbocycles. The molecular formula is C18H30N2. The van der Waals surface area contributed by atoms with Crippen molar-refractivity contribution in [3.05, 3.63) is 35.4 Å². The lowest BCUT2D eigenvalue weighted by Gasteiger charge is -2.22. The highest BCUT2D eigenvalue weighted by Crippen LogP contribution is 2.18. The average Bonchev–Trinajstić information content (AvgIpc) is 2.68. The predicted molar refractivity (Wildman–Crippen MR) is 87.0 cm³/mol. The van der Waals surface area contributed by atoms with E-state index in [9.17, 15) is 0 Å². The molecule has 0 fully saturated rings. The van der Waals surface area contributed by atoms with E-state index in [1.54, 1.807) is 11.1 Å². The van der Waals surface area contributed by atoms with Crippen LogP contribution in [0, 0.1) is 0 Å². The molecule has 1 aromatic rings. The third-order valence-corrected chi connectivity index (χ3v) is 4.45. The Morgan fingerprint density at radius 2 is 2.00 bits per heavy atom. The maximum Gasteiger partial charge on any atom is 0.0236 e. The second kappa shape index (κ2) is 8.43. The van der Waals surface area contributed by atoms with Crippen LogP contribution in [-0.2, 0) is 13.0 Å². The molecule has 2 rings (SSSR count). The van der Waals surface area contributed by atoms with Crippen LogP contribution in [0.4, 0.5) is 0 Å². The molecule has 0 spiro atoms. The Balaban J connectivity index is 1.79. The molecule has 0 amide bonds. The van der Waals surface area contributed by atoms with Gasteiger partial charge in [0, 0.05) is 12.6 Å². The summed E-state index contributed by atoms with van der Waals surface area (Å²) in [7, 11) is 0. The second-order valence-electron chi connectivity index (χ2n) is 5.95. The molecule has 1 atom stereocenters. The number of fused-ring (bicyclic) bond motifs is 1. The Bertz CT molecular complexity index is 389. The minimum Gasteiger partial charge on any atom is -0.314 e. The molecule has 20 heavy (non-hydrogen) atoms. The molecule has 1 unspecified atom stereocenters. The van der Waals surface area contributed by atoms with Gasteiger partial charge in [0.25, 0.3) is 0 Å². The average molecular weight is 274 g/mol. The summed E-state index contributed by atoms with van der Waals surface area (Å²) in [4.78, 5) is 2.64. The molecule has 112 valence electrons. The van der Waals surface area contributed by atoms with E-state index in [2.05, 4.69) is 48.3 Å². The maximum absolute atomic E-state index is 3.58. The Hall–Kier alpha value is -0.860. The molecule has 2 heteroatoms. The number of nitrogens with zero attached hydrogens (tertiary/aromatic N) is 1. The van der Waals surface area contributed by atoms with Gasteiger partial charge in [0.05, 0.1) is 0 Å². The van der Waals surface area contributed by atoms with Gasteiger partial charge in [0.1, 0.15) is 0 Å². The van der Waals surface area contributed by atoms with Crippen molar-refractivity contribution in [2.45, 2.75) is 58.5 Å². The SMILES string of the molecule is CCNC(CC)CCCN1CCCc2ccccc2C1. The number of hydrogen-bond acceptors (Lipinski definition) is 2. The van der Waals surface area contributed by atoms with Gasteiger partial charge in [-0.2, -0.15) is 0 Å². The Labute approximate surface area is 124 Å². The molecule has 2 nitrogen and oxygen atoms in total. The standard InChI is InChI=1S/C18H30N2/c1-3-18(19-4-2)12-8-14-20-13-7-11-16-9-5-6-10-17(16)15-20/h5-6,9-10,18-19H,3-4,7-8,11-15H2,1-2H3. The van der Waals surface area contributed by atoms with Gasteiger partial charge in [0.2, 0.25) is 0 Å². The zero-order valence-electron chi connectivity index (χ0n) is 13.2. The number of hydrogen-bond donors (Lipinski definition) is 1. The zero-order valence-corrected chi connectivity index (χ0v) is 13.2. The summed E-state index contributed by atoms with van der Waals surface area (Å²) in [5, 5.41) is 3.58. The number of benzene rings is 1. The van der Waals surface area contributed by atoms with E-state index in [1.807, 2.05) is 0 Å². The lowest BCUT2D eigenvalue weighted by Crippen LogP contribution is -2.30. The monoisotopic (exact) mass is 274 g/mol. The molecule has 1 aliphatic rings. The third kappa shape index (κ3) is 4.60. The van der Waals surface area contributed by atoms with E-state index in [0.717, 1.165) is 13.1 Å². The minimum absolute atomic E-state index is 0.708. The van der Waals surface area contributed by atoms with E-state index in [0.29, 0.717) is 6.04 Å². The van der Waals surface area contributed by atoms with Crippen molar-refractivity contribution >= 4 is 0 Å². The van der Waals surface area contributed by atoms with Crippen molar-refractivity contribution in [2.24, 2.45) is 0 Å². The Morgan fingerprint density at radius 3 is 2.75 bits per heavy atom. The normalized spacial score (nSPS) is 17.5. The van der Waals surface area contributed by atoms with E-state index >= 15 is 0 Å². The lowest BCUT2D eigenvalue weighted by atomic mass is 10.0. The van der Waals surface area contributed by atoms with E-state index in [4.69, 9.17) is 0 Å². The molecule has 1 heterocycles. The first-order chi connectivity index (χ1) is 9.83. The first kappa shape index (κ1) is 15.5. The summed E-state index contributed by atoms with van der Waals surface area (Å²) in [6.07, 6.45) is 6.43. The molecule has 0 saturated carbocycles. The predicted octanol–water partition coefficient (Wildman–Crippen LogP) is 3.60. The van der Waals surface area contributed by atoms with Crippen LogP contribution in [0.15, 0.2) is 24.3 Å². The highest BCUT2D eigenvalue weighted by molar-refractivity contribution is 5.27. The molecule has 1 aliphatic heterocycles. The number of nitrogens with one attached hydrogen (secondary N) is 1. The van der Waals surface area contributed by atoms with Gasteiger partial charge >= 0.3 is 0 Å². The summed E-state index contributed by atoms with van der Waals surface area (Å²) in [5.41, 5.74) is 3.11. The van der Waals surface area contributed by atoms with Crippen molar-refractivity contribution in [3.8, 4) is 0 Å². The van der Waals surface area contributed by atoms with Crippen LogP contribution in [0.2, 0.25) is 0 Å². The number of aryl methyl sites for hydroxylation is 1. The molecule has 0 radical (unpaired) electrons. The zero-order chi connectivity index (χ0) is 14.2. The quantitative estimate of drug-likeness (QED) is 0.817. The van der Waals surface area contributed by atoms with Crippen molar-refractivity contribution in [3.63, 3.8) is 0 Å². The van der Waals surface area contributed by atoms with Gasteiger partial charge in [-0.05, 0) is 62.9 Å². The van der Waals surface area contributed by atoms with Crippen molar-refractivity contribution < 1.29 is 0 Å². The molecule has 0 aromatic heterocycles. The van der Waals surface area contributed by atoms with Crippen LogP contribution in [0.1, 0.15) is 50.7 Å². The van der Waals surface area contributed by atoms with Crippen LogP contribution < -0.4 is 5.32 Å². The van der Waals surface area contributed by atoms with Crippen molar-refractivity contribution in [1.82, 2.24) is 10.2 Å². The fraction of sp³-hybridized carbons (Fsp3) is 0.667.